The number of hydrogen-bond donors (Lipinski definition) is 1. The van der Waals surface area contributed by atoms with Gasteiger partial charge >= 0.3 is 0 Å². The SMILES string of the molecule is CCC(CC)CC1CN2CCc3cc(OC)c(OC)cc3C2CC1N. The molecule has 0 saturated carbocycles. The molecule has 2 aliphatic heterocycles. The molecular formula is C21H34N2O2. The van der Waals surface area contributed by atoms with Crippen LogP contribution < -0.4 is 15.2 Å². The van der Waals surface area contributed by atoms with E-state index in [4.69, 9.17) is 15.2 Å². The maximum atomic E-state index is 6.64. The Labute approximate surface area is 152 Å². The number of rotatable bonds is 6. The third kappa shape index (κ3) is 3.65. The molecule has 1 saturated heterocycles. The lowest BCUT2D eigenvalue weighted by atomic mass is 9.77. The van der Waals surface area contributed by atoms with Gasteiger partial charge in [-0.05, 0) is 54.4 Å². The molecule has 1 aromatic carbocycles. The maximum Gasteiger partial charge on any atom is 0.161 e. The highest BCUT2D eigenvalue weighted by atomic mass is 16.5. The lowest BCUT2D eigenvalue weighted by molar-refractivity contribution is 0.0709. The third-order valence-corrected chi connectivity index (χ3v) is 6.47. The van der Waals surface area contributed by atoms with Crippen LogP contribution in [-0.4, -0.2) is 38.3 Å². The van der Waals surface area contributed by atoms with Gasteiger partial charge in [0, 0.05) is 25.2 Å². The van der Waals surface area contributed by atoms with Crippen molar-refractivity contribution >= 4 is 0 Å². The summed E-state index contributed by atoms with van der Waals surface area (Å²) in [5.74, 6) is 3.11. The highest BCUT2D eigenvalue weighted by Crippen LogP contribution is 2.43. The van der Waals surface area contributed by atoms with Crippen molar-refractivity contribution < 1.29 is 9.47 Å². The fourth-order valence-electron chi connectivity index (χ4n) is 4.76. The van der Waals surface area contributed by atoms with E-state index in [-0.39, 0.29) is 0 Å². The van der Waals surface area contributed by atoms with Crippen LogP contribution in [0.25, 0.3) is 0 Å². The fraction of sp³-hybridized carbons (Fsp3) is 0.714. The quantitative estimate of drug-likeness (QED) is 0.852. The van der Waals surface area contributed by atoms with E-state index in [1.54, 1.807) is 14.2 Å². The summed E-state index contributed by atoms with van der Waals surface area (Å²) in [6.45, 7) is 6.87. The minimum atomic E-state index is 0.292. The maximum absolute atomic E-state index is 6.64. The van der Waals surface area contributed by atoms with E-state index in [9.17, 15) is 0 Å². The van der Waals surface area contributed by atoms with Crippen LogP contribution in [0.15, 0.2) is 12.1 Å². The van der Waals surface area contributed by atoms with Gasteiger partial charge in [-0.15, -0.1) is 0 Å². The van der Waals surface area contributed by atoms with Crippen LogP contribution in [0.5, 0.6) is 11.5 Å². The van der Waals surface area contributed by atoms with Gasteiger partial charge in [0.15, 0.2) is 11.5 Å². The molecule has 4 heteroatoms. The summed E-state index contributed by atoms with van der Waals surface area (Å²) in [6.07, 6.45) is 5.94. The Balaban J connectivity index is 1.81. The molecule has 0 bridgehead atoms. The van der Waals surface area contributed by atoms with Crippen molar-refractivity contribution in [3.05, 3.63) is 23.3 Å². The summed E-state index contributed by atoms with van der Waals surface area (Å²) in [5.41, 5.74) is 9.43. The van der Waals surface area contributed by atoms with E-state index in [1.807, 2.05) is 0 Å². The standard InChI is InChI=1S/C21H34N2O2/c1-5-14(6-2)9-16-13-23-8-7-15-10-20(24-3)21(25-4)11-17(15)19(23)12-18(16)22/h10-11,14,16,18-19H,5-9,12-13,22H2,1-4H3. The summed E-state index contributed by atoms with van der Waals surface area (Å²) < 4.78 is 11.0. The zero-order valence-corrected chi connectivity index (χ0v) is 16.3. The second-order valence-corrected chi connectivity index (χ2v) is 7.74. The third-order valence-electron chi connectivity index (χ3n) is 6.47. The molecule has 0 amide bonds. The van der Waals surface area contributed by atoms with Crippen molar-refractivity contribution in [3.8, 4) is 11.5 Å². The van der Waals surface area contributed by atoms with Crippen LogP contribution in [0, 0.1) is 11.8 Å². The molecule has 2 heterocycles. The van der Waals surface area contributed by atoms with Crippen molar-refractivity contribution in [1.29, 1.82) is 0 Å². The zero-order chi connectivity index (χ0) is 18.0. The van der Waals surface area contributed by atoms with Gasteiger partial charge in [0.05, 0.1) is 14.2 Å². The Kier molecular flexibility index (Phi) is 5.90. The fourth-order valence-corrected chi connectivity index (χ4v) is 4.76. The van der Waals surface area contributed by atoms with Gasteiger partial charge in [0.25, 0.3) is 0 Å². The Morgan fingerprint density at radius 2 is 1.84 bits per heavy atom. The van der Waals surface area contributed by atoms with Gasteiger partial charge in [-0.2, -0.15) is 0 Å². The summed E-state index contributed by atoms with van der Waals surface area (Å²) >= 11 is 0. The average Bonchev–Trinajstić information content (AvgIpc) is 2.65. The Bertz CT molecular complexity index is 586. The van der Waals surface area contributed by atoms with Crippen LogP contribution in [0.3, 0.4) is 0 Å². The van der Waals surface area contributed by atoms with Crippen LogP contribution in [0.2, 0.25) is 0 Å². The number of methoxy groups -OCH3 is 2. The van der Waals surface area contributed by atoms with Crippen molar-refractivity contribution in [2.24, 2.45) is 17.6 Å². The Morgan fingerprint density at radius 3 is 2.48 bits per heavy atom. The Morgan fingerprint density at radius 1 is 1.16 bits per heavy atom. The summed E-state index contributed by atoms with van der Waals surface area (Å²) in [5, 5.41) is 0. The molecule has 4 nitrogen and oxygen atoms in total. The molecule has 3 atom stereocenters. The lowest BCUT2D eigenvalue weighted by Gasteiger charge is -2.47. The number of nitrogens with two attached hydrogens (primary N) is 1. The van der Waals surface area contributed by atoms with Gasteiger partial charge < -0.3 is 15.2 Å². The zero-order valence-electron chi connectivity index (χ0n) is 16.3. The van der Waals surface area contributed by atoms with Crippen molar-refractivity contribution in [2.75, 3.05) is 27.3 Å². The molecule has 2 aliphatic rings. The summed E-state index contributed by atoms with van der Waals surface area (Å²) in [4.78, 5) is 2.66. The highest BCUT2D eigenvalue weighted by Gasteiger charge is 2.38. The van der Waals surface area contributed by atoms with Crippen molar-refractivity contribution in [3.63, 3.8) is 0 Å². The van der Waals surface area contributed by atoms with E-state index in [2.05, 4.69) is 30.9 Å². The predicted molar refractivity (Wildman–Crippen MR) is 102 cm³/mol. The van der Waals surface area contributed by atoms with Crippen LogP contribution in [0.1, 0.15) is 56.7 Å². The van der Waals surface area contributed by atoms with Crippen molar-refractivity contribution in [2.45, 2.75) is 58.0 Å². The van der Waals surface area contributed by atoms with Crippen LogP contribution in [0.4, 0.5) is 0 Å². The van der Waals surface area contributed by atoms with Crippen LogP contribution >= 0.6 is 0 Å². The first kappa shape index (κ1) is 18.5. The number of ether oxygens (including phenoxy) is 2. The molecule has 1 aromatic rings. The normalized spacial score (nSPS) is 26.2. The molecule has 0 aliphatic carbocycles. The second kappa shape index (κ2) is 7.96. The van der Waals surface area contributed by atoms with Crippen molar-refractivity contribution in [1.82, 2.24) is 4.90 Å². The van der Waals surface area contributed by atoms with E-state index < -0.39 is 0 Å². The Hall–Kier alpha value is -1.26. The van der Waals surface area contributed by atoms with E-state index in [0.717, 1.165) is 43.3 Å². The molecule has 140 valence electrons. The second-order valence-electron chi connectivity index (χ2n) is 7.74. The minimum absolute atomic E-state index is 0.292. The first-order valence-corrected chi connectivity index (χ1v) is 9.85. The van der Waals surface area contributed by atoms with Gasteiger partial charge in [0.2, 0.25) is 0 Å². The molecule has 2 N–H and O–H groups in total. The smallest absolute Gasteiger partial charge is 0.161 e. The molecule has 0 radical (unpaired) electrons. The minimum Gasteiger partial charge on any atom is -0.493 e. The highest BCUT2D eigenvalue weighted by molar-refractivity contribution is 5.49. The molecular weight excluding hydrogens is 312 g/mol. The predicted octanol–water partition coefficient (Wildman–Crippen LogP) is 3.78. The lowest BCUT2D eigenvalue weighted by Crippen LogP contribution is -2.51. The molecule has 1 fully saturated rings. The molecule has 3 unspecified atom stereocenters. The largest absolute Gasteiger partial charge is 0.493 e. The number of hydrogen-bond acceptors (Lipinski definition) is 4. The van der Waals surface area contributed by atoms with Gasteiger partial charge in [-0.1, -0.05) is 26.7 Å². The number of benzene rings is 1. The van der Waals surface area contributed by atoms with Gasteiger partial charge in [-0.3, -0.25) is 4.90 Å². The monoisotopic (exact) mass is 346 g/mol. The van der Waals surface area contributed by atoms with E-state index in [1.165, 1.54) is 30.4 Å². The van der Waals surface area contributed by atoms with Gasteiger partial charge in [-0.25, -0.2) is 0 Å². The average molecular weight is 347 g/mol. The first-order valence-electron chi connectivity index (χ1n) is 9.85. The first-order chi connectivity index (χ1) is 12.1. The summed E-state index contributed by atoms with van der Waals surface area (Å²) in [7, 11) is 3.42. The van der Waals surface area contributed by atoms with E-state index in [0.29, 0.717) is 18.0 Å². The number of piperidine rings is 1. The number of nitrogens with zero attached hydrogens (tertiary/aromatic N) is 1. The molecule has 0 spiro atoms. The van der Waals surface area contributed by atoms with Gasteiger partial charge in [0.1, 0.15) is 0 Å². The van der Waals surface area contributed by atoms with Crippen LogP contribution in [-0.2, 0) is 6.42 Å². The summed E-state index contributed by atoms with van der Waals surface area (Å²) in [6, 6.07) is 5.06. The van der Waals surface area contributed by atoms with E-state index >= 15 is 0 Å². The molecule has 0 aromatic heterocycles. The number of fused-ring (bicyclic) bond motifs is 3. The molecule has 3 rings (SSSR count). The topological polar surface area (TPSA) is 47.7 Å². The molecule has 25 heavy (non-hydrogen) atoms.